The third-order valence-corrected chi connectivity index (χ3v) is 6.22. The van der Waals surface area contributed by atoms with Crippen molar-refractivity contribution in [2.24, 2.45) is 5.41 Å². The number of likely N-dealkylation sites (tertiary alicyclic amines) is 2. The molecule has 2 aliphatic heterocycles. The fraction of sp³-hybridized carbons (Fsp3) is 0.824. The van der Waals surface area contributed by atoms with Crippen LogP contribution >= 0.6 is 0 Å². The SMILES string of the molecule is CC(=O)N1CCC2(CC1)CC(c1noc(C3CCC3)n1)N(C)C2. The van der Waals surface area contributed by atoms with Crippen molar-refractivity contribution in [3.8, 4) is 0 Å². The summed E-state index contributed by atoms with van der Waals surface area (Å²) in [6, 6.07) is 0.261. The largest absolute Gasteiger partial charge is 0.343 e. The van der Waals surface area contributed by atoms with Crippen LogP contribution in [0.5, 0.6) is 0 Å². The van der Waals surface area contributed by atoms with Gasteiger partial charge >= 0.3 is 0 Å². The molecule has 2 saturated heterocycles. The molecule has 1 atom stereocenters. The number of carbonyl (C=O) groups excluding carboxylic acids is 1. The molecule has 0 bridgehead atoms. The molecule has 1 spiro atoms. The quantitative estimate of drug-likeness (QED) is 0.837. The zero-order valence-electron chi connectivity index (χ0n) is 14.1. The lowest BCUT2D eigenvalue weighted by Gasteiger charge is -2.38. The molecule has 1 aromatic heterocycles. The molecule has 0 radical (unpaired) electrons. The smallest absolute Gasteiger partial charge is 0.229 e. The van der Waals surface area contributed by atoms with E-state index in [1.807, 2.05) is 4.90 Å². The summed E-state index contributed by atoms with van der Waals surface area (Å²) in [4.78, 5) is 20.6. The van der Waals surface area contributed by atoms with Gasteiger partial charge in [-0.1, -0.05) is 11.6 Å². The van der Waals surface area contributed by atoms with Crippen molar-refractivity contribution in [3.05, 3.63) is 11.7 Å². The Bertz CT molecular complexity index is 587. The first-order valence-electron chi connectivity index (χ1n) is 8.86. The zero-order chi connectivity index (χ0) is 16.0. The first kappa shape index (κ1) is 15.1. The first-order chi connectivity index (χ1) is 11.1. The summed E-state index contributed by atoms with van der Waals surface area (Å²) in [6.45, 7) is 4.50. The molecule has 3 aliphatic rings. The molecule has 0 N–H and O–H groups in total. The molecule has 23 heavy (non-hydrogen) atoms. The van der Waals surface area contributed by atoms with Gasteiger partial charge in [0.2, 0.25) is 11.8 Å². The van der Waals surface area contributed by atoms with Gasteiger partial charge in [-0.15, -0.1) is 0 Å². The summed E-state index contributed by atoms with van der Waals surface area (Å²) in [5, 5.41) is 4.28. The maximum absolute atomic E-state index is 11.5. The van der Waals surface area contributed by atoms with Gasteiger partial charge in [-0.05, 0) is 44.6 Å². The molecule has 3 heterocycles. The van der Waals surface area contributed by atoms with Gasteiger partial charge < -0.3 is 9.42 Å². The highest BCUT2D eigenvalue weighted by atomic mass is 16.5. The molecule has 1 amide bonds. The average Bonchev–Trinajstić information content (AvgIpc) is 3.03. The molecule has 6 nitrogen and oxygen atoms in total. The molecule has 126 valence electrons. The van der Waals surface area contributed by atoms with Crippen LogP contribution in [0.3, 0.4) is 0 Å². The van der Waals surface area contributed by atoms with Crippen molar-refractivity contribution in [2.45, 2.75) is 57.4 Å². The molecule has 1 saturated carbocycles. The van der Waals surface area contributed by atoms with E-state index in [-0.39, 0.29) is 11.9 Å². The van der Waals surface area contributed by atoms with Crippen molar-refractivity contribution in [3.63, 3.8) is 0 Å². The summed E-state index contributed by atoms with van der Waals surface area (Å²) in [6.07, 6.45) is 6.90. The van der Waals surface area contributed by atoms with E-state index in [2.05, 4.69) is 17.1 Å². The third-order valence-electron chi connectivity index (χ3n) is 6.22. The lowest BCUT2D eigenvalue weighted by Crippen LogP contribution is -2.43. The van der Waals surface area contributed by atoms with E-state index in [0.717, 1.165) is 50.6 Å². The van der Waals surface area contributed by atoms with Crippen molar-refractivity contribution in [1.29, 1.82) is 0 Å². The van der Waals surface area contributed by atoms with E-state index in [4.69, 9.17) is 9.51 Å². The standard InChI is InChI=1S/C17H26N4O2/c1-12(22)21-8-6-17(7-9-21)10-14(20(2)11-17)15-18-16(23-19-15)13-4-3-5-13/h13-14H,3-11H2,1-2H3. The minimum atomic E-state index is 0.200. The van der Waals surface area contributed by atoms with Crippen LogP contribution in [-0.4, -0.2) is 52.5 Å². The summed E-state index contributed by atoms with van der Waals surface area (Å²) in [5.41, 5.74) is 0.308. The van der Waals surface area contributed by atoms with E-state index in [1.165, 1.54) is 19.3 Å². The van der Waals surface area contributed by atoms with E-state index < -0.39 is 0 Å². The highest BCUT2D eigenvalue weighted by Crippen LogP contribution is 2.48. The molecule has 1 aromatic rings. The Kier molecular flexibility index (Phi) is 3.67. The summed E-state index contributed by atoms with van der Waals surface area (Å²) in [5.74, 6) is 2.40. The topological polar surface area (TPSA) is 62.5 Å². The summed E-state index contributed by atoms with van der Waals surface area (Å²) < 4.78 is 5.51. The van der Waals surface area contributed by atoms with Crippen LogP contribution in [-0.2, 0) is 4.79 Å². The normalized spacial score (nSPS) is 28.3. The molecule has 1 unspecified atom stereocenters. The predicted molar refractivity (Wildman–Crippen MR) is 84.8 cm³/mol. The summed E-state index contributed by atoms with van der Waals surface area (Å²) in [7, 11) is 2.16. The van der Waals surface area contributed by atoms with Crippen LogP contribution in [0.2, 0.25) is 0 Å². The fourth-order valence-corrected chi connectivity index (χ4v) is 4.42. The number of rotatable bonds is 2. The zero-order valence-corrected chi connectivity index (χ0v) is 14.1. The van der Waals surface area contributed by atoms with Gasteiger partial charge in [-0.25, -0.2) is 0 Å². The second-order valence-electron chi connectivity index (χ2n) is 7.76. The Morgan fingerprint density at radius 1 is 1.30 bits per heavy atom. The van der Waals surface area contributed by atoms with Crippen molar-refractivity contribution in [2.75, 3.05) is 26.7 Å². The average molecular weight is 318 g/mol. The van der Waals surface area contributed by atoms with Gasteiger partial charge in [-0.2, -0.15) is 4.98 Å². The van der Waals surface area contributed by atoms with Crippen LogP contribution in [0, 0.1) is 5.41 Å². The molecule has 0 aromatic carbocycles. The minimum Gasteiger partial charge on any atom is -0.343 e. The Morgan fingerprint density at radius 2 is 2.04 bits per heavy atom. The van der Waals surface area contributed by atoms with Crippen LogP contribution in [0.1, 0.15) is 69.1 Å². The maximum Gasteiger partial charge on any atom is 0.229 e. The number of nitrogens with zero attached hydrogens (tertiary/aromatic N) is 4. The highest BCUT2D eigenvalue weighted by molar-refractivity contribution is 5.73. The molecule has 1 aliphatic carbocycles. The molecular weight excluding hydrogens is 292 g/mol. The predicted octanol–water partition coefficient (Wildman–Crippen LogP) is 2.34. The lowest BCUT2D eigenvalue weighted by atomic mass is 9.76. The number of hydrogen-bond donors (Lipinski definition) is 0. The van der Waals surface area contributed by atoms with Crippen LogP contribution in [0.25, 0.3) is 0 Å². The Hall–Kier alpha value is -1.43. The van der Waals surface area contributed by atoms with Crippen molar-refractivity contribution in [1.82, 2.24) is 19.9 Å². The Morgan fingerprint density at radius 3 is 2.65 bits per heavy atom. The number of carbonyl (C=O) groups is 1. The van der Waals surface area contributed by atoms with Crippen LogP contribution < -0.4 is 0 Å². The molecular formula is C17H26N4O2. The Labute approximate surface area is 137 Å². The van der Waals surface area contributed by atoms with Gasteiger partial charge in [0.05, 0.1) is 6.04 Å². The number of piperidine rings is 1. The maximum atomic E-state index is 11.5. The van der Waals surface area contributed by atoms with Gasteiger partial charge in [0, 0.05) is 32.5 Å². The number of aromatic nitrogens is 2. The van der Waals surface area contributed by atoms with Crippen LogP contribution in [0.4, 0.5) is 0 Å². The summed E-state index contributed by atoms with van der Waals surface area (Å²) >= 11 is 0. The molecule has 6 heteroatoms. The van der Waals surface area contributed by atoms with E-state index in [1.54, 1.807) is 6.92 Å². The number of amides is 1. The van der Waals surface area contributed by atoms with Gasteiger partial charge in [0.1, 0.15) is 0 Å². The van der Waals surface area contributed by atoms with Gasteiger partial charge in [-0.3, -0.25) is 9.69 Å². The van der Waals surface area contributed by atoms with Crippen molar-refractivity contribution < 1.29 is 9.32 Å². The highest BCUT2D eigenvalue weighted by Gasteiger charge is 2.46. The monoisotopic (exact) mass is 318 g/mol. The molecule has 3 fully saturated rings. The van der Waals surface area contributed by atoms with Crippen LogP contribution in [0.15, 0.2) is 4.52 Å². The molecule has 4 rings (SSSR count). The van der Waals surface area contributed by atoms with E-state index in [9.17, 15) is 4.79 Å². The van der Waals surface area contributed by atoms with E-state index in [0.29, 0.717) is 11.3 Å². The van der Waals surface area contributed by atoms with E-state index >= 15 is 0 Å². The third kappa shape index (κ3) is 2.67. The van der Waals surface area contributed by atoms with Gasteiger partial charge in [0.25, 0.3) is 0 Å². The second-order valence-corrected chi connectivity index (χ2v) is 7.76. The van der Waals surface area contributed by atoms with Crippen molar-refractivity contribution >= 4 is 5.91 Å². The first-order valence-corrected chi connectivity index (χ1v) is 8.86. The minimum absolute atomic E-state index is 0.200. The fourth-order valence-electron chi connectivity index (χ4n) is 4.42. The van der Waals surface area contributed by atoms with Gasteiger partial charge in [0.15, 0.2) is 5.82 Å². The number of hydrogen-bond acceptors (Lipinski definition) is 5. The Balaban J connectivity index is 1.45. The lowest BCUT2D eigenvalue weighted by molar-refractivity contribution is -0.131. The second kappa shape index (κ2) is 5.58.